The highest BCUT2D eigenvalue weighted by Crippen LogP contribution is 2.35. The first-order chi connectivity index (χ1) is 30.1. The molecule has 2 heteroatoms. The van der Waals surface area contributed by atoms with Crippen molar-refractivity contribution in [3.8, 4) is 22.3 Å². The zero-order valence-corrected chi connectivity index (χ0v) is 39.1. The summed E-state index contributed by atoms with van der Waals surface area (Å²) in [6, 6.07) is 49.1. The lowest BCUT2D eigenvalue weighted by molar-refractivity contribution is 0.546. The number of hydrogen-bond acceptors (Lipinski definition) is 2. The van der Waals surface area contributed by atoms with Gasteiger partial charge in [-0.15, -0.1) is 0 Å². The summed E-state index contributed by atoms with van der Waals surface area (Å²) in [6.07, 6.45) is 12.6. The predicted molar refractivity (Wildman–Crippen MR) is 280 cm³/mol. The normalized spacial score (nSPS) is 11.7. The molecule has 0 aliphatic heterocycles. The summed E-state index contributed by atoms with van der Waals surface area (Å²) < 4.78 is 11.6. The molecule has 63 heavy (non-hydrogen) atoms. The van der Waals surface area contributed by atoms with E-state index < -0.39 is 0 Å². The lowest BCUT2D eigenvalue weighted by Crippen LogP contribution is -1.97. The van der Waals surface area contributed by atoms with Gasteiger partial charge in [-0.3, -0.25) is 0 Å². The fourth-order valence-electron chi connectivity index (χ4n) is 7.26. The highest BCUT2D eigenvalue weighted by Gasteiger charge is 2.15. The van der Waals surface area contributed by atoms with E-state index in [1.165, 1.54) is 85.5 Å². The van der Waals surface area contributed by atoms with Crippen LogP contribution < -0.4 is 0 Å². The molecule has 0 fully saturated rings. The summed E-state index contributed by atoms with van der Waals surface area (Å²) in [4.78, 5) is 0. The third-order valence-electron chi connectivity index (χ3n) is 11.4. The number of rotatable bonds is 8. The zero-order chi connectivity index (χ0) is 44.4. The molecule has 330 valence electrons. The first-order valence-electron chi connectivity index (χ1n) is 23.2. The fraction of sp³-hybridized carbons (Fsp3) is 0.311. The van der Waals surface area contributed by atoms with Gasteiger partial charge in [0.25, 0.3) is 0 Å². The minimum Gasteiger partial charge on any atom is -0.460 e. The van der Waals surface area contributed by atoms with E-state index >= 15 is 0 Å². The van der Waals surface area contributed by atoms with Crippen LogP contribution in [0.25, 0.3) is 66.8 Å². The summed E-state index contributed by atoms with van der Waals surface area (Å²) in [6.45, 7) is 24.1. The standard InChI is InChI=1S/C24H24.C15H16O.C14H12O.C4H10.C3H8.CH4/c1-4-18(2)19(3)22-15-23(20-11-7-5-8-12-20)17-24(16-22)21-13-9-6-10-14-21;1-10(2)11-7-8-15-13(9-11)12-5-3-4-6-14(12)16-15;1-2-10-7-8-14-12(9-10)11-5-3-4-6-13(11)15-14;1-3-4-2;1-3-2;/h5-18H,3-4H2,1-2H3;3,5,7-10H,4,6H2,1-2H3;3-9H,2H2,1H3;3-4H2,1-2H3;3H2,1-2H3;1H4/t18-;;;;;/m1...../s1. The van der Waals surface area contributed by atoms with Crippen molar-refractivity contribution in [3.05, 3.63) is 180 Å². The van der Waals surface area contributed by atoms with E-state index in [1.54, 1.807) is 0 Å². The van der Waals surface area contributed by atoms with Crippen molar-refractivity contribution in [2.45, 2.75) is 121 Å². The molecule has 1 aliphatic carbocycles. The molecule has 1 aliphatic rings. The number of fused-ring (bicyclic) bond motifs is 6. The third kappa shape index (κ3) is 13.3. The number of unbranched alkanes of at least 4 members (excludes halogenated alkanes) is 1. The van der Waals surface area contributed by atoms with Gasteiger partial charge in [0.1, 0.15) is 22.5 Å². The monoisotopic (exact) mass is 839 g/mol. The maximum absolute atomic E-state index is 5.87. The van der Waals surface area contributed by atoms with Gasteiger partial charge in [0.2, 0.25) is 0 Å². The van der Waals surface area contributed by atoms with Gasteiger partial charge in [0, 0.05) is 28.1 Å². The van der Waals surface area contributed by atoms with Crippen LogP contribution >= 0.6 is 0 Å². The van der Waals surface area contributed by atoms with Gasteiger partial charge < -0.3 is 8.83 Å². The molecule has 0 N–H and O–H groups in total. The Morgan fingerprint density at radius 3 is 1.70 bits per heavy atom. The topological polar surface area (TPSA) is 26.3 Å². The van der Waals surface area contributed by atoms with Crippen molar-refractivity contribution in [1.29, 1.82) is 0 Å². The molecule has 0 spiro atoms. The van der Waals surface area contributed by atoms with E-state index in [1.807, 2.05) is 12.1 Å². The van der Waals surface area contributed by atoms with Crippen molar-refractivity contribution < 1.29 is 8.83 Å². The van der Waals surface area contributed by atoms with Crippen LogP contribution in [0.3, 0.4) is 0 Å². The number of aryl methyl sites for hydroxylation is 2. The summed E-state index contributed by atoms with van der Waals surface area (Å²) in [5.41, 5.74) is 14.5. The van der Waals surface area contributed by atoms with Crippen molar-refractivity contribution >= 4 is 44.6 Å². The Bertz CT molecular complexity index is 2560. The smallest absolute Gasteiger partial charge is 0.135 e. The maximum Gasteiger partial charge on any atom is 0.135 e. The molecule has 0 bridgehead atoms. The van der Waals surface area contributed by atoms with Crippen molar-refractivity contribution in [2.75, 3.05) is 0 Å². The second kappa shape index (κ2) is 25.3. The van der Waals surface area contributed by atoms with Crippen LogP contribution in [0.1, 0.15) is 136 Å². The summed E-state index contributed by atoms with van der Waals surface area (Å²) in [7, 11) is 0. The zero-order valence-electron chi connectivity index (χ0n) is 39.1. The lowest BCUT2D eigenvalue weighted by Gasteiger charge is -2.16. The molecule has 2 aromatic heterocycles. The molecule has 9 rings (SSSR count). The van der Waals surface area contributed by atoms with Crippen molar-refractivity contribution in [1.82, 2.24) is 0 Å². The number of benzene rings is 6. The molecule has 2 nitrogen and oxygen atoms in total. The molecule has 1 atom stereocenters. The van der Waals surface area contributed by atoms with Crippen LogP contribution in [0.2, 0.25) is 0 Å². The van der Waals surface area contributed by atoms with Gasteiger partial charge in [-0.25, -0.2) is 0 Å². The van der Waals surface area contributed by atoms with Gasteiger partial charge in [-0.2, -0.15) is 0 Å². The molecule has 2 heterocycles. The predicted octanol–water partition coefficient (Wildman–Crippen LogP) is 19.6. The summed E-state index contributed by atoms with van der Waals surface area (Å²) in [5.74, 6) is 2.21. The molecule has 0 unspecified atom stereocenters. The van der Waals surface area contributed by atoms with Crippen molar-refractivity contribution in [3.63, 3.8) is 0 Å². The average molecular weight is 839 g/mol. The molecule has 0 radical (unpaired) electrons. The molecular weight excluding hydrogens is 765 g/mol. The van der Waals surface area contributed by atoms with Gasteiger partial charge in [-0.1, -0.05) is 199 Å². The van der Waals surface area contributed by atoms with Crippen LogP contribution in [-0.2, 0) is 12.8 Å². The number of furan rings is 2. The van der Waals surface area contributed by atoms with Gasteiger partial charge in [-0.05, 0) is 124 Å². The van der Waals surface area contributed by atoms with Gasteiger partial charge in [0.15, 0.2) is 0 Å². The Morgan fingerprint density at radius 1 is 0.571 bits per heavy atom. The van der Waals surface area contributed by atoms with Crippen LogP contribution in [0.5, 0.6) is 0 Å². The first-order valence-corrected chi connectivity index (χ1v) is 23.2. The highest BCUT2D eigenvalue weighted by molar-refractivity contribution is 6.05. The Morgan fingerprint density at radius 2 is 1.13 bits per heavy atom. The minimum atomic E-state index is 0. The second-order valence-corrected chi connectivity index (χ2v) is 16.6. The van der Waals surface area contributed by atoms with Crippen LogP contribution in [-0.4, -0.2) is 0 Å². The van der Waals surface area contributed by atoms with Crippen LogP contribution in [0.4, 0.5) is 0 Å². The van der Waals surface area contributed by atoms with E-state index in [2.05, 4.69) is 208 Å². The third-order valence-corrected chi connectivity index (χ3v) is 11.4. The van der Waals surface area contributed by atoms with Gasteiger partial charge in [0.05, 0.1) is 0 Å². The van der Waals surface area contributed by atoms with E-state index in [-0.39, 0.29) is 7.43 Å². The van der Waals surface area contributed by atoms with Gasteiger partial charge >= 0.3 is 0 Å². The van der Waals surface area contributed by atoms with E-state index in [0.717, 1.165) is 48.2 Å². The van der Waals surface area contributed by atoms with Crippen LogP contribution in [0.15, 0.2) is 161 Å². The lowest BCUT2D eigenvalue weighted by atomic mass is 9.88. The van der Waals surface area contributed by atoms with Crippen molar-refractivity contribution in [2.24, 2.45) is 5.92 Å². The summed E-state index contributed by atoms with van der Waals surface area (Å²) in [5, 5.41) is 3.71. The maximum atomic E-state index is 5.87. The van der Waals surface area contributed by atoms with E-state index in [4.69, 9.17) is 8.83 Å². The Balaban J connectivity index is 0.000000196. The molecule has 8 aromatic rings. The largest absolute Gasteiger partial charge is 0.460 e. The Hall–Kier alpha value is -5.86. The molecular formula is C61H74O2. The molecule has 6 aromatic carbocycles. The minimum absolute atomic E-state index is 0. The Kier molecular flexibility index (Phi) is 20.0. The SMILES string of the molecule is C.C=C(c1cc(-c2ccccc2)cc(-c2ccccc2)c1)[C@H](C)CC.CC(C)c1ccc2oc3c(c2c1)C=CCC3.CCC.CCCC.CCc1ccc2oc3ccccc3c2c1. The summed E-state index contributed by atoms with van der Waals surface area (Å²) >= 11 is 0. The Labute approximate surface area is 380 Å². The van der Waals surface area contributed by atoms with Crippen LogP contribution in [0, 0.1) is 5.92 Å². The highest BCUT2D eigenvalue weighted by atomic mass is 16.3. The molecule has 0 amide bonds. The molecule has 0 saturated heterocycles. The average Bonchev–Trinajstić information content (AvgIpc) is 3.90. The number of allylic oxidation sites excluding steroid dienone is 2. The molecule has 0 saturated carbocycles. The first kappa shape index (κ1) is 49.8. The number of hydrogen-bond donors (Lipinski definition) is 0. The fourth-order valence-corrected chi connectivity index (χ4v) is 7.26. The van der Waals surface area contributed by atoms with E-state index in [0.29, 0.717) is 11.8 Å². The number of para-hydroxylation sites is 1. The quantitative estimate of drug-likeness (QED) is 0.152. The second-order valence-electron chi connectivity index (χ2n) is 16.6. The van der Waals surface area contributed by atoms with E-state index in [9.17, 15) is 0 Å².